The topological polar surface area (TPSA) is 224 Å². The number of nitrogens with zero attached hydrogens (tertiary/aromatic N) is 1. The summed E-state index contributed by atoms with van der Waals surface area (Å²) in [4.78, 5) is 75.9. The summed E-state index contributed by atoms with van der Waals surface area (Å²) < 4.78 is 15.9. The lowest BCUT2D eigenvalue weighted by atomic mass is 9.78. The van der Waals surface area contributed by atoms with E-state index in [9.17, 15) is 28.8 Å². The molecule has 1 aliphatic carbocycles. The molecule has 4 aromatic rings. The number of aromatic nitrogens is 1. The Bertz CT molecular complexity index is 2060. The zero-order valence-corrected chi connectivity index (χ0v) is 31.8. The molecule has 0 unspecified atom stereocenters. The molecule has 0 bridgehead atoms. The molecule has 14 nitrogen and oxygen atoms in total. The van der Waals surface area contributed by atoms with Crippen LogP contribution in [0, 0.1) is 5.92 Å². The third-order valence-corrected chi connectivity index (χ3v) is 10.5. The number of carboxylic acid groups (broad SMARTS) is 1. The molecule has 4 amide bonds. The largest absolute Gasteiger partial charge is 0.524 e. The molecule has 8 N–H and O–H groups in total. The lowest BCUT2D eigenvalue weighted by Gasteiger charge is -2.39. The molecule has 0 radical (unpaired) electrons. The smallest absolute Gasteiger partial charge is 0.465 e. The van der Waals surface area contributed by atoms with E-state index in [4.69, 9.17) is 38.7 Å². The lowest BCUT2D eigenvalue weighted by Crippen LogP contribution is -2.64. The van der Waals surface area contributed by atoms with Gasteiger partial charge in [0.05, 0.1) is 10.5 Å². The van der Waals surface area contributed by atoms with Crippen molar-refractivity contribution in [2.75, 3.05) is 6.54 Å². The van der Waals surface area contributed by atoms with Crippen LogP contribution < -0.4 is 20.9 Å². The quantitative estimate of drug-likeness (QED) is 0.0711. The van der Waals surface area contributed by atoms with E-state index in [2.05, 4.69) is 20.1 Å². The zero-order valence-electron chi connectivity index (χ0n) is 29.4. The number of phosphoric acid groups is 1. The van der Waals surface area contributed by atoms with Crippen molar-refractivity contribution in [1.29, 1.82) is 0 Å². The van der Waals surface area contributed by atoms with Gasteiger partial charge in [0, 0.05) is 42.0 Å². The summed E-state index contributed by atoms with van der Waals surface area (Å²) >= 11 is 12.9. The lowest BCUT2D eigenvalue weighted by molar-refractivity contribution is -0.136. The number of hydrogen-bond acceptors (Lipinski definition) is 6. The molecular formula is C37H42Cl2N5O9P. The van der Waals surface area contributed by atoms with Crippen LogP contribution in [-0.4, -0.2) is 66.7 Å². The van der Waals surface area contributed by atoms with Crippen molar-refractivity contribution in [3.8, 4) is 5.75 Å². The molecule has 0 fully saturated rings. The number of benzene rings is 3. The van der Waals surface area contributed by atoms with E-state index in [1.165, 1.54) is 12.1 Å². The van der Waals surface area contributed by atoms with Crippen molar-refractivity contribution in [3.05, 3.63) is 99.2 Å². The number of rotatable bonds is 16. The molecule has 3 atom stereocenters. The number of phosphoric ester groups is 1. The molecule has 3 aromatic carbocycles. The number of primary amides is 1. The van der Waals surface area contributed by atoms with Crippen LogP contribution >= 0.6 is 31.0 Å². The summed E-state index contributed by atoms with van der Waals surface area (Å²) in [5, 5.41) is 17.9. The second-order valence-electron chi connectivity index (χ2n) is 13.6. The number of aromatic amines is 1. The summed E-state index contributed by atoms with van der Waals surface area (Å²) in [6, 6.07) is 16.7. The van der Waals surface area contributed by atoms with Gasteiger partial charge in [0.15, 0.2) is 0 Å². The highest BCUT2D eigenvalue weighted by Crippen LogP contribution is 2.39. The Morgan fingerprint density at radius 3 is 2.39 bits per heavy atom. The molecule has 0 aliphatic heterocycles. The fraction of sp³-hybridized carbons (Fsp3) is 0.351. The van der Waals surface area contributed by atoms with Crippen LogP contribution in [0.2, 0.25) is 10.0 Å². The normalized spacial score (nSPS) is 16.5. The molecule has 5 rings (SSSR count). The first-order valence-electron chi connectivity index (χ1n) is 17.3. The highest BCUT2D eigenvalue weighted by molar-refractivity contribution is 7.46. The number of carbonyl (C=O) groups is 4. The minimum atomic E-state index is -4.78. The van der Waals surface area contributed by atoms with E-state index in [1.807, 2.05) is 6.92 Å². The molecule has 288 valence electrons. The molecule has 0 spiro atoms. The minimum absolute atomic E-state index is 0.00490. The number of fused-ring (bicyclic) bond motifs is 3. The second kappa shape index (κ2) is 17.3. The average molecular weight is 803 g/mol. The number of H-pyrrole nitrogens is 1. The Morgan fingerprint density at radius 2 is 1.74 bits per heavy atom. The number of hydrogen-bond donors (Lipinski definition) is 7. The van der Waals surface area contributed by atoms with Crippen LogP contribution in [0.3, 0.4) is 0 Å². The van der Waals surface area contributed by atoms with Crippen LogP contribution in [0.15, 0.2) is 66.7 Å². The van der Waals surface area contributed by atoms with Crippen LogP contribution in [0.25, 0.3) is 10.9 Å². The number of nitrogens with two attached hydrogens (primary N) is 1. The molecule has 1 aromatic heterocycles. The number of aryl methyl sites for hydroxylation is 2. The van der Waals surface area contributed by atoms with Crippen molar-refractivity contribution < 1.29 is 43.2 Å². The van der Waals surface area contributed by atoms with Gasteiger partial charge in [0.25, 0.3) is 0 Å². The Morgan fingerprint density at radius 1 is 1.04 bits per heavy atom. The van der Waals surface area contributed by atoms with Gasteiger partial charge in [-0.15, -0.1) is 0 Å². The predicted molar refractivity (Wildman–Crippen MR) is 203 cm³/mol. The summed E-state index contributed by atoms with van der Waals surface area (Å²) in [5.74, 6) is -1.79. The summed E-state index contributed by atoms with van der Waals surface area (Å²) in [5.41, 5.74) is 7.31. The van der Waals surface area contributed by atoms with Gasteiger partial charge in [-0.1, -0.05) is 72.6 Å². The van der Waals surface area contributed by atoms with Gasteiger partial charge in [-0.25, -0.2) is 9.36 Å². The molecule has 0 saturated heterocycles. The third kappa shape index (κ3) is 10.3. The van der Waals surface area contributed by atoms with E-state index in [1.54, 1.807) is 54.6 Å². The zero-order chi connectivity index (χ0) is 39.2. The first kappa shape index (κ1) is 40.6. The van der Waals surface area contributed by atoms with Gasteiger partial charge < -0.3 is 31.0 Å². The Kier molecular flexibility index (Phi) is 13.0. The van der Waals surface area contributed by atoms with Crippen molar-refractivity contribution in [2.24, 2.45) is 11.7 Å². The van der Waals surface area contributed by atoms with E-state index >= 15 is 0 Å². The first-order chi connectivity index (χ1) is 25.5. The molecule has 1 aliphatic rings. The van der Waals surface area contributed by atoms with Gasteiger partial charge in [-0.2, -0.15) is 0 Å². The van der Waals surface area contributed by atoms with E-state index in [0.717, 1.165) is 16.2 Å². The third-order valence-electron chi connectivity index (χ3n) is 9.57. The van der Waals surface area contributed by atoms with Crippen molar-refractivity contribution >= 4 is 65.7 Å². The standard InChI is InChI=1S/C37H42Cl2N5O9P/c1-22(7-14-32(40)45)20-41-35(47)37(16-15-30-28(19-37)27-17-25(38)18-29(39)33(27)42-30)43-34(46)31(44(36(48)49)21-24-5-3-2-4-6-24)13-10-23-8-11-26(12-9-23)53-54(50,51)52/h2-6,8-9,11-12,17-18,22,31,42H,7,10,13-16,19-21H2,1H3,(H2,40,45)(H,41,47)(H,43,46)(H,48,49)(H2,50,51,52)/t22-,31-,37+/m0/s1. The van der Waals surface area contributed by atoms with Gasteiger partial charge in [0.2, 0.25) is 17.7 Å². The summed E-state index contributed by atoms with van der Waals surface area (Å²) in [6.07, 6.45) is -0.00700. The first-order valence-corrected chi connectivity index (χ1v) is 19.6. The maximum atomic E-state index is 14.6. The second-order valence-corrected chi connectivity index (χ2v) is 15.6. The molecular weight excluding hydrogens is 760 g/mol. The van der Waals surface area contributed by atoms with E-state index in [0.29, 0.717) is 44.9 Å². The Hall–Kier alpha value is -4.59. The predicted octanol–water partition coefficient (Wildman–Crippen LogP) is 5.49. The number of halogens is 2. The van der Waals surface area contributed by atoms with Crippen LogP contribution in [0.4, 0.5) is 4.79 Å². The van der Waals surface area contributed by atoms with Gasteiger partial charge >= 0.3 is 13.9 Å². The van der Waals surface area contributed by atoms with Gasteiger partial charge in [-0.3, -0.25) is 29.1 Å². The van der Waals surface area contributed by atoms with Crippen LogP contribution in [0.1, 0.15) is 55.0 Å². The minimum Gasteiger partial charge on any atom is -0.465 e. The fourth-order valence-electron chi connectivity index (χ4n) is 6.75. The van der Waals surface area contributed by atoms with E-state index in [-0.39, 0.29) is 56.9 Å². The molecule has 0 saturated carbocycles. The number of amides is 4. The van der Waals surface area contributed by atoms with Gasteiger partial charge in [0.1, 0.15) is 17.3 Å². The highest BCUT2D eigenvalue weighted by atomic mass is 35.5. The summed E-state index contributed by atoms with van der Waals surface area (Å²) in [6.45, 7) is 1.94. The highest BCUT2D eigenvalue weighted by Gasteiger charge is 2.46. The van der Waals surface area contributed by atoms with Crippen LogP contribution in [-0.2, 0) is 44.8 Å². The maximum Gasteiger partial charge on any atom is 0.524 e. The number of carbonyl (C=O) groups excluding carboxylic acids is 3. The fourth-order valence-corrected chi connectivity index (χ4v) is 7.69. The molecule has 17 heteroatoms. The van der Waals surface area contributed by atoms with Crippen molar-refractivity contribution in [3.63, 3.8) is 0 Å². The molecule has 54 heavy (non-hydrogen) atoms. The van der Waals surface area contributed by atoms with Crippen molar-refractivity contribution in [1.82, 2.24) is 20.5 Å². The Labute approximate surface area is 321 Å². The monoisotopic (exact) mass is 801 g/mol. The van der Waals surface area contributed by atoms with E-state index < -0.39 is 43.2 Å². The molecule has 1 heterocycles. The maximum absolute atomic E-state index is 14.6. The Balaban J connectivity index is 1.49. The van der Waals surface area contributed by atoms with Gasteiger partial charge in [-0.05, 0) is 79.0 Å². The SMILES string of the molecule is C[C@@H](CCC(N)=O)CNC(=O)[C@@]1(NC(=O)[C@H](CCc2ccc(OP(=O)(O)O)cc2)N(Cc2ccccc2)C(=O)O)CCc2[nH]c3c(Cl)cc(Cl)cc3c2C1. The van der Waals surface area contributed by atoms with Crippen LogP contribution in [0.5, 0.6) is 5.75 Å². The average Bonchev–Trinajstić information content (AvgIpc) is 3.47. The summed E-state index contributed by atoms with van der Waals surface area (Å²) in [7, 11) is -4.78. The van der Waals surface area contributed by atoms with Crippen molar-refractivity contribution in [2.45, 2.75) is 70.0 Å². The number of nitrogens with one attached hydrogen (secondary N) is 3.